The zero-order valence-electron chi connectivity index (χ0n) is 15.4. The number of ether oxygens (including phenoxy) is 1. The minimum atomic E-state index is 0. The summed E-state index contributed by atoms with van der Waals surface area (Å²) in [5.74, 6) is 3.95. The van der Waals surface area contributed by atoms with Crippen LogP contribution in [0.1, 0.15) is 18.4 Å². The smallest absolute Gasteiger partial charge is 0.191 e. The van der Waals surface area contributed by atoms with Crippen LogP contribution in [0.2, 0.25) is 0 Å². The van der Waals surface area contributed by atoms with Gasteiger partial charge in [0.05, 0.1) is 0 Å². The molecule has 0 aliphatic carbocycles. The van der Waals surface area contributed by atoms with Crippen molar-refractivity contribution in [3.63, 3.8) is 0 Å². The molecule has 0 spiro atoms. The maximum Gasteiger partial charge on any atom is 0.191 e. The molecule has 0 unspecified atom stereocenters. The molecule has 0 bridgehead atoms. The average Bonchev–Trinajstić information content (AvgIpc) is 3.17. The van der Waals surface area contributed by atoms with Gasteiger partial charge < -0.3 is 15.4 Å². The highest BCUT2D eigenvalue weighted by atomic mass is 127. The summed E-state index contributed by atoms with van der Waals surface area (Å²) in [6.45, 7) is 7.03. The van der Waals surface area contributed by atoms with Crippen LogP contribution in [0.5, 0.6) is 5.75 Å². The molecule has 2 fully saturated rings. The van der Waals surface area contributed by atoms with E-state index in [2.05, 4.69) is 39.1 Å². The van der Waals surface area contributed by atoms with Gasteiger partial charge in [-0.05, 0) is 50.0 Å². The van der Waals surface area contributed by atoms with E-state index in [0.717, 1.165) is 56.5 Å². The second-order valence-corrected chi connectivity index (χ2v) is 7.86. The van der Waals surface area contributed by atoms with E-state index in [1.807, 2.05) is 11.8 Å². The van der Waals surface area contributed by atoms with E-state index >= 15 is 0 Å². The van der Waals surface area contributed by atoms with Gasteiger partial charge >= 0.3 is 0 Å². The zero-order chi connectivity index (χ0) is 17.3. The van der Waals surface area contributed by atoms with Gasteiger partial charge in [-0.3, -0.25) is 9.89 Å². The Bertz CT molecular complexity index is 543. The van der Waals surface area contributed by atoms with Crippen molar-refractivity contribution >= 4 is 41.7 Å². The average molecular weight is 490 g/mol. The first-order valence-electron chi connectivity index (χ1n) is 9.38. The van der Waals surface area contributed by atoms with Gasteiger partial charge in [0.1, 0.15) is 12.4 Å². The Morgan fingerprint density at radius 2 is 1.77 bits per heavy atom. The molecule has 0 radical (unpaired) electrons. The normalized spacial score (nSPS) is 18.6. The van der Waals surface area contributed by atoms with Gasteiger partial charge in [0.25, 0.3) is 0 Å². The molecule has 0 atom stereocenters. The van der Waals surface area contributed by atoms with Gasteiger partial charge in [0.2, 0.25) is 0 Å². The number of likely N-dealkylation sites (tertiary alicyclic amines) is 1. The molecule has 2 heterocycles. The fourth-order valence-corrected chi connectivity index (χ4v) is 4.15. The highest BCUT2D eigenvalue weighted by Gasteiger charge is 2.12. The zero-order valence-corrected chi connectivity index (χ0v) is 18.6. The molecule has 0 aromatic heterocycles. The highest BCUT2D eigenvalue weighted by molar-refractivity contribution is 14.0. The van der Waals surface area contributed by atoms with Crippen molar-refractivity contribution in [3.8, 4) is 5.75 Å². The van der Waals surface area contributed by atoms with E-state index in [1.165, 1.54) is 31.5 Å². The summed E-state index contributed by atoms with van der Waals surface area (Å²) in [5, 5.41) is 0. The van der Waals surface area contributed by atoms with Gasteiger partial charge in [0, 0.05) is 37.7 Å². The van der Waals surface area contributed by atoms with E-state index < -0.39 is 0 Å². The highest BCUT2D eigenvalue weighted by Crippen LogP contribution is 2.14. The summed E-state index contributed by atoms with van der Waals surface area (Å²) in [4.78, 5) is 9.19. The van der Waals surface area contributed by atoms with Crippen molar-refractivity contribution in [2.75, 3.05) is 57.4 Å². The molecule has 3 rings (SSSR count). The molecule has 1 aromatic carbocycles. The molecule has 2 saturated heterocycles. The Morgan fingerprint density at radius 1 is 1.08 bits per heavy atom. The molecule has 1 aromatic rings. The van der Waals surface area contributed by atoms with Gasteiger partial charge in [-0.15, -0.1) is 24.0 Å². The molecular weight excluding hydrogens is 459 g/mol. The fraction of sp³-hybridized carbons (Fsp3) is 0.632. The first kappa shape index (κ1) is 21.6. The maximum absolute atomic E-state index is 6.09. The molecule has 0 saturated carbocycles. The third-order valence-corrected chi connectivity index (χ3v) is 5.75. The molecule has 146 valence electrons. The second-order valence-electron chi connectivity index (χ2n) is 6.63. The number of hydrogen-bond acceptors (Lipinski definition) is 4. The number of hydrogen-bond donors (Lipinski definition) is 1. The summed E-state index contributed by atoms with van der Waals surface area (Å²) in [7, 11) is 0. The van der Waals surface area contributed by atoms with E-state index in [1.54, 1.807) is 0 Å². The van der Waals surface area contributed by atoms with Crippen LogP contribution in [0, 0.1) is 0 Å². The molecule has 7 heteroatoms. The van der Waals surface area contributed by atoms with Crippen molar-refractivity contribution in [2.45, 2.75) is 19.3 Å². The monoisotopic (exact) mass is 490 g/mol. The van der Waals surface area contributed by atoms with Crippen LogP contribution in [-0.4, -0.2) is 73.1 Å². The topological polar surface area (TPSA) is 54.1 Å². The number of guanidine groups is 1. The standard InChI is InChI=1S/C19H30N4OS.HI/c20-19(23-12-15-25-16-13-23)21-8-7-17-3-5-18(6-4-17)24-14-11-22-9-1-2-10-22;/h3-6H,1-2,7-16H2,(H2,20,21);1H. The predicted molar refractivity (Wildman–Crippen MR) is 122 cm³/mol. The Morgan fingerprint density at radius 3 is 2.46 bits per heavy atom. The first-order valence-corrected chi connectivity index (χ1v) is 10.5. The molecule has 2 aliphatic rings. The van der Waals surface area contributed by atoms with Crippen LogP contribution in [0.25, 0.3) is 0 Å². The largest absolute Gasteiger partial charge is 0.492 e. The molecule has 0 amide bonds. The van der Waals surface area contributed by atoms with Gasteiger partial charge in [-0.25, -0.2) is 0 Å². The second kappa shape index (κ2) is 11.9. The number of benzene rings is 1. The molecule has 5 nitrogen and oxygen atoms in total. The summed E-state index contributed by atoms with van der Waals surface area (Å²) in [6.07, 6.45) is 3.58. The summed E-state index contributed by atoms with van der Waals surface area (Å²) in [6, 6.07) is 8.39. The number of nitrogens with two attached hydrogens (primary N) is 1. The molecule has 26 heavy (non-hydrogen) atoms. The van der Waals surface area contributed by atoms with E-state index in [-0.39, 0.29) is 24.0 Å². The summed E-state index contributed by atoms with van der Waals surface area (Å²) < 4.78 is 5.85. The van der Waals surface area contributed by atoms with Crippen LogP contribution in [-0.2, 0) is 6.42 Å². The first-order chi connectivity index (χ1) is 12.3. The lowest BCUT2D eigenvalue weighted by atomic mass is 10.1. The number of rotatable bonds is 7. The van der Waals surface area contributed by atoms with Crippen molar-refractivity contribution in [1.82, 2.24) is 9.80 Å². The van der Waals surface area contributed by atoms with Gasteiger partial charge in [0.15, 0.2) is 5.96 Å². The lowest BCUT2D eigenvalue weighted by Gasteiger charge is -2.27. The van der Waals surface area contributed by atoms with Crippen molar-refractivity contribution in [2.24, 2.45) is 10.7 Å². The van der Waals surface area contributed by atoms with Crippen molar-refractivity contribution < 1.29 is 4.74 Å². The molecular formula is C19H31IN4OS. The van der Waals surface area contributed by atoms with E-state index in [9.17, 15) is 0 Å². The predicted octanol–water partition coefficient (Wildman–Crippen LogP) is 2.69. The molecule has 2 aliphatic heterocycles. The third kappa shape index (κ3) is 7.15. The summed E-state index contributed by atoms with van der Waals surface area (Å²) in [5.41, 5.74) is 7.36. The van der Waals surface area contributed by atoms with E-state index in [0.29, 0.717) is 5.96 Å². The van der Waals surface area contributed by atoms with E-state index in [4.69, 9.17) is 10.5 Å². The molecule has 2 N–H and O–H groups in total. The number of thioether (sulfide) groups is 1. The quantitative estimate of drug-likeness (QED) is 0.362. The Balaban J connectivity index is 0.00000243. The third-order valence-electron chi connectivity index (χ3n) is 4.81. The lowest BCUT2D eigenvalue weighted by molar-refractivity contribution is 0.238. The minimum Gasteiger partial charge on any atom is -0.492 e. The number of halogens is 1. The van der Waals surface area contributed by atoms with Crippen LogP contribution < -0.4 is 10.5 Å². The fourth-order valence-electron chi connectivity index (χ4n) is 3.24. The SMILES string of the molecule is I.NC(=NCCc1ccc(OCCN2CCCC2)cc1)N1CCSCC1. The van der Waals surface area contributed by atoms with Crippen molar-refractivity contribution in [3.05, 3.63) is 29.8 Å². The van der Waals surface area contributed by atoms with Gasteiger partial charge in [-0.1, -0.05) is 12.1 Å². The van der Waals surface area contributed by atoms with Crippen LogP contribution in [0.15, 0.2) is 29.3 Å². The minimum absolute atomic E-state index is 0. The number of aliphatic imine (C=N–C) groups is 1. The van der Waals surface area contributed by atoms with Gasteiger partial charge in [-0.2, -0.15) is 11.8 Å². The van der Waals surface area contributed by atoms with Crippen LogP contribution >= 0.6 is 35.7 Å². The Kier molecular flexibility index (Phi) is 9.92. The van der Waals surface area contributed by atoms with Crippen LogP contribution in [0.3, 0.4) is 0 Å². The maximum atomic E-state index is 6.09. The van der Waals surface area contributed by atoms with Crippen molar-refractivity contribution in [1.29, 1.82) is 0 Å². The Labute approximate surface area is 178 Å². The Hall–Kier alpha value is -0.670. The lowest BCUT2D eigenvalue weighted by Crippen LogP contribution is -2.42. The van der Waals surface area contributed by atoms with Crippen LogP contribution in [0.4, 0.5) is 0 Å². The summed E-state index contributed by atoms with van der Waals surface area (Å²) >= 11 is 1.98. The number of nitrogens with zero attached hydrogens (tertiary/aromatic N) is 3.